The predicted octanol–water partition coefficient (Wildman–Crippen LogP) is 5.15. The molecule has 4 rings (SSSR count). The van der Waals surface area contributed by atoms with Crippen LogP contribution in [-0.4, -0.2) is 45.6 Å². The van der Waals surface area contributed by atoms with Crippen molar-refractivity contribution < 1.29 is 36.6 Å². The van der Waals surface area contributed by atoms with Crippen LogP contribution in [0.4, 0.5) is 14.5 Å². The highest BCUT2D eigenvalue weighted by Crippen LogP contribution is 2.38. The molecular formula is C29H27ClF2N2O6S. The van der Waals surface area contributed by atoms with Gasteiger partial charge in [-0.05, 0) is 72.7 Å². The number of allylic oxidation sites excluding steroid dienone is 1. The van der Waals surface area contributed by atoms with E-state index in [4.69, 9.17) is 21.4 Å². The molecule has 41 heavy (non-hydrogen) atoms. The predicted molar refractivity (Wildman–Crippen MR) is 151 cm³/mol. The van der Waals surface area contributed by atoms with Crippen molar-refractivity contribution in [3.63, 3.8) is 0 Å². The lowest BCUT2D eigenvalue weighted by molar-refractivity contribution is -0.150. The second kappa shape index (κ2) is 12.3. The van der Waals surface area contributed by atoms with Gasteiger partial charge in [0.25, 0.3) is 10.0 Å². The molecule has 0 saturated heterocycles. The number of carbonyl (C=O) groups is 2. The van der Waals surface area contributed by atoms with Crippen LogP contribution in [0.15, 0.2) is 59.5 Å². The molecule has 3 aromatic rings. The van der Waals surface area contributed by atoms with Gasteiger partial charge in [-0.1, -0.05) is 35.9 Å². The third-order valence-electron chi connectivity index (χ3n) is 6.79. The van der Waals surface area contributed by atoms with Crippen LogP contribution in [-0.2, 0) is 26.0 Å². The monoisotopic (exact) mass is 604 g/mol. The molecule has 1 aliphatic heterocycles. The standard InChI is InChI=1S/C29H27ClF2N2O6S/c1-17(27-22(30)4-3-5-24(27)32)12-18-6-7-20-13-19(10-11-33-28(35)29(36)37)16-34(25(20)14-18)41(38,39)21-8-9-23(31)26(15-21)40-2/h3-9,12,14-15,19H,10-11,13,16H2,1-2H3,(H,33,35)(H,36,37)/b17-12+/t19-/m1/s1. The van der Waals surface area contributed by atoms with Crippen LogP contribution < -0.4 is 14.4 Å². The Bertz CT molecular complexity index is 1620. The van der Waals surface area contributed by atoms with Crippen molar-refractivity contribution in [3.05, 3.63) is 87.9 Å². The minimum Gasteiger partial charge on any atom is -0.494 e. The largest absolute Gasteiger partial charge is 0.494 e. The highest BCUT2D eigenvalue weighted by atomic mass is 35.5. The van der Waals surface area contributed by atoms with E-state index in [-0.39, 0.29) is 40.2 Å². The molecule has 3 aromatic carbocycles. The zero-order valence-electron chi connectivity index (χ0n) is 22.2. The molecule has 12 heteroatoms. The highest BCUT2D eigenvalue weighted by molar-refractivity contribution is 7.92. The normalized spacial score (nSPS) is 15.3. The van der Waals surface area contributed by atoms with Gasteiger partial charge in [-0.25, -0.2) is 22.0 Å². The minimum absolute atomic E-state index is 0.0171. The van der Waals surface area contributed by atoms with E-state index in [1.165, 1.54) is 23.5 Å². The van der Waals surface area contributed by atoms with Crippen LogP contribution in [0.3, 0.4) is 0 Å². The van der Waals surface area contributed by atoms with Gasteiger partial charge in [0.05, 0.1) is 22.7 Å². The number of benzene rings is 3. The smallest absolute Gasteiger partial charge is 0.394 e. The van der Waals surface area contributed by atoms with Gasteiger partial charge in [0.1, 0.15) is 5.82 Å². The van der Waals surface area contributed by atoms with E-state index in [1.807, 2.05) is 0 Å². The Morgan fingerprint density at radius 2 is 1.90 bits per heavy atom. The van der Waals surface area contributed by atoms with E-state index in [2.05, 4.69) is 5.32 Å². The maximum absolute atomic E-state index is 14.5. The summed E-state index contributed by atoms with van der Waals surface area (Å²) in [5, 5.41) is 11.3. The van der Waals surface area contributed by atoms with Crippen LogP contribution in [0.2, 0.25) is 5.02 Å². The molecule has 0 fully saturated rings. The molecular weight excluding hydrogens is 578 g/mol. The van der Waals surface area contributed by atoms with Crippen molar-refractivity contribution in [3.8, 4) is 5.75 Å². The third kappa shape index (κ3) is 6.52. The number of anilines is 1. The molecule has 0 radical (unpaired) electrons. The van der Waals surface area contributed by atoms with Crippen LogP contribution in [0.25, 0.3) is 11.6 Å². The Kier molecular flexibility index (Phi) is 8.98. The molecule has 216 valence electrons. The van der Waals surface area contributed by atoms with E-state index in [0.29, 0.717) is 35.2 Å². The zero-order valence-corrected chi connectivity index (χ0v) is 23.7. The summed E-state index contributed by atoms with van der Waals surface area (Å²) in [5.74, 6) is -4.46. The summed E-state index contributed by atoms with van der Waals surface area (Å²) >= 11 is 6.22. The number of hydrogen-bond donors (Lipinski definition) is 2. The molecule has 1 aliphatic rings. The van der Waals surface area contributed by atoms with Crippen molar-refractivity contribution in [1.29, 1.82) is 0 Å². The number of aliphatic carboxylic acids is 1. The number of nitrogens with one attached hydrogen (secondary N) is 1. The highest BCUT2D eigenvalue weighted by Gasteiger charge is 2.34. The van der Waals surface area contributed by atoms with Gasteiger partial charge in [0, 0.05) is 24.7 Å². The molecule has 0 aliphatic carbocycles. The first-order valence-corrected chi connectivity index (χ1v) is 14.4. The number of carbonyl (C=O) groups excluding carboxylic acids is 1. The summed E-state index contributed by atoms with van der Waals surface area (Å²) in [4.78, 5) is 22.1. The molecule has 8 nitrogen and oxygen atoms in total. The Morgan fingerprint density at radius 3 is 2.59 bits per heavy atom. The van der Waals surface area contributed by atoms with Crippen molar-refractivity contribution in [2.24, 2.45) is 5.92 Å². The minimum atomic E-state index is -4.22. The molecule has 1 amide bonds. The van der Waals surface area contributed by atoms with E-state index >= 15 is 0 Å². The number of ether oxygens (including phenoxy) is 1. The van der Waals surface area contributed by atoms with E-state index in [1.54, 1.807) is 37.3 Å². The Balaban J connectivity index is 1.74. The molecule has 1 atom stereocenters. The zero-order chi connectivity index (χ0) is 29.9. The maximum Gasteiger partial charge on any atom is 0.394 e. The van der Waals surface area contributed by atoms with Gasteiger partial charge in [-0.3, -0.25) is 9.10 Å². The fraction of sp³-hybridized carbons (Fsp3) is 0.241. The average molecular weight is 605 g/mol. The topological polar surface area (TPSA) is 113 Å². The second-order valence-corrected chi connectivity index (χ2v) is 11.8. The van der Waals surface area contributed by atoms with Crippen LogP contribution >= 0.6 is 11.6 Å². The first-order chi connectivity index (χ1) is 19.4. The van der Waals surface area contributed by atoms with Crippen molar-refractivity contribution >= 4 is 50.8 Å². The van der Waals surface area contributed by atoms with Gasteiger partial charge in [-0.15, -0.1) is 0 Å². The Labute approximate surface area is 241 Å². The number of methoxy groups -OCH3 is 1. The molecule has 2 N–H and O–H groups in total. The fourth-order valence-corrected chi connectivity index (χ4v) is 6.69. The molecule has 0 bridgehead atoms. The number of hydrogen-bond acceptors (Lipinski definition) is 5. The number of sulfonamides is 1. The van der Waals surface area contributed by atoms with Crippen molar-refractivity contribution in [2.45, 2.75) is 24.7 Å². The second-order valence-electron chi connectivity index (χ2n) is 9.56. The fourth-order valence-electron chi connectivity index (χ4n) is 4.79. The first-order valence-electron chi connectivity index (χ1n) is 12.6. The first kappa shape index (κ1) is 30.0. The quantitative estimate of drug-likeness (QED) is 0.272. The molecule has 0 saturated carbocycles. The van der Waals surface area contributed by atoms with E-state index < -0.39 is 33.5 Å². The molecule has 1 heterocycles. The summed E-state index contributed by atoms with van der Waals surface area (Å²) in [5.41, 5.74) is 2.46. The van der Waals surface area contributed by atoms with E-state index in [9.17, 15) is 26.8 Å². The number of nitrogens with zero attached hydrogens (tertiary/aromatic N) is 1. The average Bonchev–Trinajstić information content (AvgIpc) is 2.92. The number of carboxylic acids is 1. The number of rotatable bonds is 8. The lowest BCUT2D eigenvalue weighted by Crippen LogP contribution is -2.41. The van der Waals surface area contributed by atoms with E-state index in [0.717, 1.165) is 18.2 Å². The van der Waals surface area contributed by atoms with Gasteiger partial charge < -0.3 is 15.2 Å². The van der Waals surface area contributed by atoms with Crippen LogP contribution in [0, 0.1) is 17.6 Å². The van der Waals surface area contributed by atoms with Crippen LogP contribution in [0.1, 0.15) is 30.0 Å². The number of amides is 1. The molecule has 0 unspecified atom stereocenters. The number of halogens is 3. The third-order valence-corrected chi connectivity index (χ3v) is 8.88. The Morgan fingerprint density at radius 1 is 1.15 bits per heavy atom. The summed E-state index contributed by atoms with van der Waals surface area (Å²) in [6.45, 7) is 1.75. The Hall–Kier alpha value is -3.96. The van der Waals surface area contributed by atoms with Gasteiger partial charge in [0.15, 0.2) is 11.6 Å². The summed E-state index contributed by atoms with van der Waals surface area (Å²) in [6, 6.07) is 12.9. The number of fused-ring (bicyclic) bond motifs is 1. The lowest BCUT2D eigenvalue weighted by atomic mass is 9.90. The van der Waals surface area contributed by atoms with Crippen molar-refractivity contribution in [2.75, 3.05) is 24.5 Å². The van der Waals surface area contributed by atoms with Gasteiger partial charge >= 0.3 is 11.9 Å². The number of carboxylic acid groups (broad SMARTS) is 1. The maximum atomic E-state index is 14.5. The summed E-state index contributed by atoms with van der Waals surface area (Å²) in [7, 11) is -2.99. The molecule has 0 spiro atoms. The lowest BCUT2D eigenvalue weighted by Gasteiger charge is -2.35. The summed E-state index contributed by atoms with van der Waals surface area (Å²) < 4.78 is 62.6. The molecule has 0 aromatic heterocycles. The van der Waals surface area contributed by atoms with Gasteiger partial charge in [0.2, 0.25) is 0 Å². The SMILES string of the molecule is COc1cc(S(=O)(=O)N2C[C@H](CCNC(=O)C(=O)O)Cc3ccc(/C=C(\C)c4c(F)cccc4Cl)cc32)ccc1F. The summed E-state index contributed by atoms with van der Waals surface area (Å²) in [6.07, 6.45) is 2.47. The van der Waals surface area contributed by atoms with Crippen molar-refractivity contribution in [1.82, 2.24) is 5.32 Å². The van der Waals surface area contributed by atoms with Gasteiger partial charge in [-0.2, -0.15) is 0 Å². The van der Waals surface area contributed by atoms with Crippen LogP contribution in [0.5, 0.6) is 5.75 Å².